The van der Waals surface area contributed by atoms with Crippen molar-refractivity contribution in [2.75, 3.05) is 19.0 Å². The topological polar surface area (TPSA) is 88.6 Å². The molecule has 4 rings (SSSR count). The molecule has 1 atom stereocenters. The van der Waals surface area contributed by atoms with E-state index < -0.39 is 16.1 Å². The Kier molecular flexibility index (Phi) is 6.12. The summed E-state index contributed by atoms with van der Waals surface area (Å²) in [6.45, 7) is 0.297. The Morgan fingerprint density at radius 2 is 2.03 bits per heavy atom. The zero-order chi connectivity index (χ0) is 21.3. The van der Waals surface area contributed by atoms with Gasteiger partial charge in [-0.1, -0.05) is 11.6 Å². The minimum Gasteiger partial charge on any atom is -0.497 e. The Morgan fingerprint density at radius 1 is 1.27 bits per heavy atom. The lowest BCUT2D eigenvalue weighted by Gasteiger charge is -2.22. The summed E-state index contributed by atoms with van der Waals surface area (Å²) in [5.74, 6) is 0.367. The van der Waals surface area contributed by atoms with Gasteiger partial charge in [0.15, 0.2) is 5.13 Å². The third-order valence-corrected chi connectivity index (χ3v) is 9.10. The van der Waals surface area contributed by atoms with Crippen LogP contribution in [0, 0.1) is 0 Å². The third-order valence-electron chi connectivity index (χ3n) is 4.74. The van der Waals surface area contributed by atoms with Gasteiger partial charge in [-0.3, -0.25) is 4.79 Å². The summed E-state index contributed by atoms with van der Waals surface area (Å²) in [5.41, 5.74) is 1.62. The van der Waals surface area contributed by atoms with Crippen LogP contribution in [0.4, 0.5) is 5.13 Å². The minimum atomic E-state index is -3.77. The fourth-order valence-corrected chi connectivity index (χ4v) is 7.25. The van der Waals surface area contributed by atoms with E-state index in [9.17, 15) is 13.2 Å². The molecule has 1 unspecified atom stereocenters. The van der Waals surface area contributed by atoms with Gasteiger partial charge in [0.25, 0.3) is 10.0 Å². The van der Waals surface area contributed by atoms with Gasteiger partial charge in [-0.2, -0.15) is 4.31 Å². The molecule has 11 heteroatoms. The number of methoxy groups -OCH3 is 1. The van der Waals surface area contributed by atoms with E-state index in [1.54, 1.807) is 13.2 Å². The van der Waals surface area contributed by atoms with Crippen LogP contribution in [0.25, 0.3) is 11.3 Å². The lowest BCUT2D eigenvalue weighted by atomic mass is 10.2. The van der Waals surface area contributed by atoms with Crippen molar-refractivity contribution in [2.45, 2.75) is 23.1 Å². The number of nitrogens with zero attached hydrogens (tertiary/aromatic N) is 2. The van der Waals surface area contributed by atoms with Crippen LogP contribution in [0.5, 0.6) is 5.75 Å². The molecule has 0 saturated carbocycles. The Balaban J connectivity index is 1.49. The highest BCUT2D eigenvalue weighted by atomic mass is 35.5. The Hall–Kier alpha value is -1.98. The van der Waals surface area contributed by atoms with Crippen LogP contribution in [0.15, 0.2) is 46.0 Å². The minimum absolute atomic E-state index is 0.142. The molecule has 0 radical (unpaired) electrons. The van der Waals surface area contributed by atoms with Crippen molar-refractivity contribution >= 4 is 55.3 Å². The molecule has 0 aliphatic carbocycles. The van der Waals surface area contributed by atoms with Gasteiger partial charge in [0.2, 0.25) is 5.91 Å². The zero-order valence-corrected chi connectivity index (χ0v) is 19.1. The normalized spacial score (nSPS) is 17.2. The average Bonchev–Trinajstić information content (AvgIpc) is 3.48. The first-order valence-electron chi connectivity index (χ1n) is 9.06. The van der Waals surface area contributed by atoms with Crippen molar-refractivity contribution in [3.63, 3.8) is 0 Å². The summed E-state index contributed by atoms with van der Waals surface area (Å²) >= 11 is 8.17. The molecule has 1 N–H and O–H groups in total. The van der Waals surface area contributed by atoms with Crippen molar-refractivity contribution in [3.8, 4) is 17.0 Å². The van der Waals surface area contributed by atoms with Crippen molar-refractivity contribution in [1.29, 1.82) is 0 Å². The number of ether oxygens (including phenoxy) is 1. The molecular weight excluding hydrogens is 466 g/mol. The number of nitrogens with one attached hydrogen (secondary N) is 1. The molecule has 1 amide bonds. The van der Waals surface area contributed by atoms with Gasteiger partial charge in [0.1, 0.15) is 16.0 Å². The summed E-state index contributed by atoms with van der Waals surface area (Å²) in [7, 11) is -2.17. The average molecular weight is 484 g/mol. The van der Waals surface area contributed by atoms with Crippen molar-refractivity contribution in [2.24, 2.45) is 0 Å². The number of thiazole rings is 1. The van der Waals surface area contributed by atoms with Crippen molar-refractivity contribution in [3.05, 3.63) is 46.1 Å². The number of aromatic nitrogens is 1. The first kappa shape index (κ1) is 21.3. The number of rotatable bonds is 6. The summed E-state index contributed by atoms with van der Waals surface area (Å²) in [6.07, 6.45) is 1.08. The standard InChI is InChI=1S/C19H18ClN3O4S3/c1-27-13-6-4-12(5-7-13)14-11-28-19(21-14)22-18(24)15-3-2-10-23(15)30(25,26)17-9-8-16(20)29-17/h4-9,11,15H,2-3,10H2,1H3,(H,21,22,24). The van der Waals surface area contributed by atoms with E-state index in [4.69, 9.17) is 16.3 Å². The van der Waals surface area contributed by atoms with E-state index in [-0.39, 0.29) is 10.1 Å². The number of carbonyl (C=O) groups excluding carboxylic acids is 1. The van der Waals surface area contributed by atoms with Gasteiger partial charge in [0.05, 0.1) is 17.1 Å². The summed E-state index contributed by atoms with van der Waals surface area (Å²) < 4.78 is 32.8. The monoisotopic (exact) mass is 483 g/mol. The Labute approximate surface area is 187 Å². The van der Waals surface area contributed by atoms with Crippen LogP contribution < -0.4 is 10.1 Å². The van der Waals surface area contributed by atoms with E-state index in [2.05, 4.69) is 10.3 Å². The summed E-state index contributed by atoms with van der Waals surface area (Å²) in [6, 6.07) is 9.69. The summed E-state index contributed by atoms with van der Waals surface area (Å²) in [4.78, 5) is 17.3. The van der Waals surface area contributed by atoms with E-state index in [1.165, 1.54) is 21.7 Å². The number of hydrogen-bond donors (Lipinski definition) is 1. The first-order chi connectivity index (χ1) is 14.4. The number of halogens is 1. The van der Waals surface area contributed by atoms with Crippen LogP contribution in [-0.2, 0) is 14.8 Å². The van der Waals surface area contributed by atoms with Crippen molar-refractivity contribution in [1.82, 2.24) is 9.29 Å². The maximum Gasteiger partial charge on any atom is 0.253 e. The van der Waals surface area contributed by atoms with E-state index in [0.29, 0.717) is 28.9 Å². The molecular formula is C19H18ClN3O4S3. The van der Waals surface area contributed by atoms with Crippen LogP contribution in [0.2, 0.25) is 4.34 Å². The quantitative estimate of drug-likeness (QED) is 0.563. The molecule has 2 aromatic heterocycles. The van der Waals surface area contributed by atoms with Gasteiger partial charge in [0, 0.05) is 17.5 Å². The smallest absolute Gasteiger partial charge is 0.253 e. The molecule has 1 aliphatic rings. The highest BCUT2D eigenvalue weighted by molar-refractivity contribution is 7.91. The Bertz CT molecular complexity index is 1160. The molecule has 0 spiro atoms. The van der Waals surface area contributed by atoms with Gasteiger partial charge >= 0.3 is 0 Å². The number of carbonyl (C=O) groups is 1. The second-order valence-electron chi connectivity index (χ2n) is 6.59. The molecule has 7 nitrogen and oxygen atoms in total. The highest BCUT2D eigenvalue weighted by Gasteiger charge is 2.40. The van der Waals surface area contributed by atoms with E-state index >= 15 is 0 Å². The summed E-state index contributed by atoms with van der Waals surface area (Å²) in [5, 5.41) is 5.04. The lowest BCUT2D eigenvalue weighted by Crippen LogP contribution is -2.42. The first-order valence-corrected chi connectivity index (χ1v) is 12.6. The Morgan fingerprint density at radius 3 is 2.70 bits per heavy atom. The third kappa shape index (κ3) is 4.23. The van der Waals surface area contributed by atoms with Crippen LogP contribution >= 0.6 is 34.3 Å². The zero-order valence-electron chi connectivity index (χ0n) is 15.9. The van der Waals surface area contributed by atoms with Gasteiger partial charge in [-0.15, -0.1) is 22.7 Å². The van der Waals surface area contributed by atoms with Crippen LogP contribution in [-0.4, -0.2) is 43.3 Å². The number of benzene rings is 1. The lowest BCUT2D eigenvalue weighted by molar-refractivity contribution is -0.119. The number of hydrogen-bond acceptors (Lipinski definition) is 7. The molecule has 1 aromatic carbocycles. The van der Waals surface area contributed by atoms with Gasteiger partial charge in [-0.05, 0) is 49.2 Å². The second-order valence-corrected chi connectivity index (χ2v) is 11.3. The van der Waals surface area contributed by atoms with E-state index in [0.717, 1.165) is 28.3 Å². The molecule has 1 saturated heterocycles. The van der Waals surface area contributed by atoms with Crippen molar-refractivity contribution < 1.29 is 17.9 Å². The molecule has 30 heavy (non-hydrogen) atoms. The number of amides is 1. The molecule has 3 aromatic rings. The van der Waals surface area contributed by atoms with Gasteiger partial charge < -0.3 is 10.1 Å². The van der Waals surface area contributed by atoms with Gasteiger partial charge in [-0.25, -0.2) is 13.4 Å². The maximum atomic E-state index is 12.9. The molecule has 1 aliphatic heterocycles. The molecule has 1 fully saturated rings. The largest absolute Gasteiger partial charge is 0.497 e. The number of anilines is 1. The predicted octanol–water partition coefficient (Wildman–Crippen LogP) is 4.33. The molecule has 3 heterocycles. The second kappa shape index (κ2) is 8.64. The maximum absolute atomic E-state index is 12.9. The fraction of sp³-hybridized carbons (Fsp3) is 0.263. The number of thiophene rings is 1. The highest BCUT2D eigenvalue weighted by Crippen LogP contribution is 2.33. The van der Waals surface area contributed by atoms with E-state index in [1.807, 2.05) is 29.6 Å². The van der Waals surface area contributed by atoms with Crippen LogP contribution in [0.1, 0.15) is 12.8 Å². The SMILES string of the molecule is COc1ccc(-c2csc(NC(=O)C3CCCN3S(=O)(=O)c3ccc(Cl)s3)n2)cc1. The fourth-order valence-electron chi connectivity index (χ4n) is 3.26. The molecule has 158 valence electrons. The number of sulfonamides is 1. The van der Waals surface area contributed by atoms with Crippen LogP contribution in [0.3, 0.4) is 0 Å². The molecule has 0 bridgehead atoms. The predicted molar refractivity (Wildman–Crippen MR) is 119 cm³/mol.